The minimum atomic E-state index is -0.624. The summed E-state index contributed by atoms with van der Waals surface area (Å²) in [6, 6.07) is 3.93. The number of β-amino-alcohol motifs (C(OH)–C–C–N with tert-alkyl or cyclic N) is 1. The molecule has 1 aromatic rings. The molecular formula is C14H23N3O2. The first kappa shape index (κ1) is 14.1. The van der Waals surface area contributed by atoms with Gasteiger partial charge < -0.3 is 14.7 Å². The Labute approximate surface area is 114 Å². The van der Waals surface area contributed by atoms with Crippen LogP contribution in [0.15, 0.2) is 18.3 Å². The number of ether oxygens (including phenoxy) is 1. The number of anilines is 1. The van der Waals surface area contributed by atoms with Gasteiger partial charge in [-0.2, -0.15) is 0 Å². The predicted molar refractivity (Wildman–Crippen MR) is 75.7 cm³/mol. The Morgan fingerprint density at radius 2 is 1.95 bits per heavy atom. The summed E-state index contributed by atoms with van der Waals surface area (Å²) < 4.78 is 5.11. The van der Waals surface area contributed by atoms with E-state index >= 15 is 0 Å². The molecular weight excluding hydrogens is 242 g/mol. The van der Waals surface area contributed by atoms with Gasteiger partial charge in [0.05, 0.1) is 18.9 Å². The molecule has 0 atom stereocenters. The van der Waals surface area contributed by atoms with Crippen LogP contribution in [0.3, 0.4) is 0 Å². The average molecular weight is 265 g/mol. The fraction of sp³-hybridized carbons (Fsp3) is 0.643. The van der Waals surface area contributed by atoms with Gasteiger partial charge >= 0.3 is 0 Å². The molecule has 2 rings (SSSR count). The second kappa shape index (κ2) is 5.75. The lowest BCUT2D eigenvalue weighted by Crippen LogP contribution is -2.50. The van der Waals surface area contributed by atoms with Crippen LogP contribution in [0.2, 0.25) is 0 Å². The highest BCUT2D eigenvalue weighted by Gasteiger charge is 2.23. The molecule has 5 heteroatoms. The molecule has 1 N–H and O–H groups in total. The summed E-state index contributed by atoms with van der Waals surface area (Å²) in [6.07, 6.45) is 1.75. The predicted octanol–water partition coefficient (Wildman–Crippen LogP) is 0.983. The van der Waals surface area contributed by atoms with E-state index < -0.39 is 5.60 Å². The van der Waals surface area contributed by atoms with Gasteiger partial charge in [-0.05, 0) is 26.0 Å². The number of rotatable bonds is 4. The fourth-order valence-corrected chi connectivity index (χ4v) is 2.36. The van der Waals surface area contributed by atoms with E-state index in [4.69, 9.17) is 4.74 Å². The van der Waals surface area contributed by atoms with Gasteiger partial charge in [-0.1, -0.05) is 0 Å². The average Bonchev–Trinajstić information content (AvgIpc) is 2.38. The summed E-state index contributed by atoms with van der Waals surface area (Å²) in [5.41, 5.74) is -0.624. The second-order valence-corrected chi connectivity index (χ2v) is 5.63. The van der Waals surface area contributed by atoms with Gasteiger partial charge in [0.15, 0.2) is 0 Å². The van der Waals surface area contributed by atoms with Crippen molar-refractivity contribution in [2.24, 2.45) is 0 Å². The van der Waals surface area contributed by atoms with Gasteiger partial charge in [0.2, 0.25) is 0 Å². The van der Waals surface area contributed by atoms with E-state index in [0.29, 0.717) is 0 Å². The van der Waals surface area contributed by atoms with Gasteiger partial charge in [0, 0.05) is 32.7 Å². The van der Waals surface area contributed by atoms with Crippen LogP contribution in [0.1, 0.15) is 13.8 Å². The van der Waals surface area contributed by atoms with E-state index in [0.717, 1.165) is 44.3 Å². The third-order valence-electron chi connectivity index (χ3n) is 3.26. The van der Waals surface area contributed by atoms with Gasteiger partial charge in [0.1, 0.15) is 11.6 Å². The van der Waals surface area contributed by atoms with E-state index in [1.165, 1.54) is 0 Å². The minimum Gasteiger partial charge on any atom is -0.495 e. The molecule has 19 heavy (non-hydrogen) atoms. The molecule has 0 aromatic carbocycles. The van der Waals surface area contributed by atoms with E-state index in [9.17, 15) is 5.11 Å². The molecule has 0 unspecified atom stereocenters. The number of pyridine rings is 1. The summed E-state index contributed by atoms with van der Waals surface area (Å²) in [5.74, 6) is 1.77. The molecule has 2 heterocycles. The third kappa shape index (κ3) is 4.08. The van der Waals surface area contributed by atoms with Crippen molar-refractivity contribution >= 4 is 5.82 Å². The Bertz CT molecular complexity index is 392. The number of aromatic nitrogens is 1. The van der Waals surface area contributed by atoms with Crippen molar-refractivity contribution in [2.45, 2.75) is 19.4 Å². The maximum Gasteiger partial charge on any atom is 0.137 e. The molecule has 5 nitrogen and oxygen atoms in total. The van der Waals surface area contributed by atoms with Crippen molar-refractivity contribution in [1.29, 1.82) is 0 Å². The maximum atomic E-state index is 9.83. The van der Waals surface area contributed by atoms with Crippen LogP contribution in [0.5, 0.6) is 5.75 Å². The Kier molecular flexibility index (Phi) is 4.27. The minimum absolute atomic E-state index is 0.624. The zero-order valence-corrected chi connectivity index (χ0v) is 12.0. The lowest BCUT2D eigenvalue weighted by Gasteiger charge is -2.37. The molecule has 1 aliphatic heterocycles. The van der Waals surface area contributed by atoms with Crippen molar-refractivity contribution in [3.8, 4) is 5.75 Å². The molecule has 0 radical (unpaired) electrons. The van der Waals surface area contributed by atoms with E-state index in [1.54, 1.807) is 13.3 Å². The molecule has 106 valence electrons. The van der Waals surface area contributed by atoms with Crippen LogP contribution >= 0.6 is 0 Å². The normalized spacial score (nSPS) is 17.6. The van der Waals surface area contributed by atoms with Gasteiger partial charge in [0.25, 0.3) is 0 Å². The number of methoxy groups -OCH3 is 1. The standard InChI is InChI=1S/C14H23N3O2/c1-14(2,18)11-16-6-8-17(9-7-16)13-5-4-12(19-3)10-15-13/h4-5,10,18H,6-9,11H2,1-3H3. The van der Waals surface area contributed by atoms with Crippen LogP contribution in [0.25, 0.3) is 0 Å². The quantitative estimate of drug-likeness (QED) is 0.879. The molecule has 1 aromatic heterocycles. The number of piperazine rings is 1. The lowest BCUT2D eigenvalue weighted by molar-refractivity contribution is 0.0344. The smallest absolute Gasteiger partial charge is 0.137 e. The lowest BCUT2D eigenvalue weighted by atomic mass is 10.1. The monoisotopic (exact) mass is 265 g/mol. The molecule has 0 aliphatic carbocycles. The summed E-state index contributed by atoms with van der Waals surface area (Å²) >= 11 is 0. The van der Waals surface area contributed by atoms with Gasteiger partial charge in [-0.15, -0.1) is 0 Å². The third-order valence-corrected chi connectivity index (χ3v) is 3.26. The molecule has 0 bridgehead atoms. The van der Waals surface area contributed by atoms with Gasteiger partial charge in [-0.25, -0.2) is 4.98 Å². The van der Waals surface area contributed by atoms with Crippen LogP contribution < -0.4 is 9.64 Å². The van der Waals surface area contributed by atoms with Crippen molar-refractivity contribution in [2.75, 3.05) is 44.7 Å². The highest BCUT2D eigenvalue weighted by atomic mass is 16.5. The van der Waals surface area contributed by atoms with E-state index in [2.05, 4.69) is 14.8 Å². The highest BCUT2D eigenvalue weighted by Crippen LogP contribution is 2.17. The van der Waals surface area contributed by atoms with Crippen molar-refractivity contribution in [1.82, 2.24) is 9.88 Å². The highest BCUT2D eigenvalue weighted by molar-refractivity contribution is 5.41. The van der Waals surface area contributed by atoms with Crippen LogP contribution in [-0.2, 0) is 0 Å². The van der Waals surface area contributed by atoms with Crippen LogP contribution in [0.4, 0.5) is 5.82 Å². The number of hydrogen-bond donors (Lipinski definition) is 1. The molecule has 0 amide bonds. The first-order chi connectivity index (χ1) is 8.98. The molecule has 0 saturated carbocycles. The van der Waals surface area contributed by atoms with E-state index in [1.807, 2.05) is 26.0 Å². The summed E-state index contributed by atoms with van der Waals surface area (Å²) in [7, 11) is 1.64. The Hall–Kier alpha value is -1.33. The molecule has 1 aliphatic rings. The Balaban J connectivity index is 1.88. The zero-order valence-electron chi connectivity index (χ0n) is 12.0. The number of aliphatic hydroxyl groups is 1. The van der Waals surface area contributed by atoms with Gasteiger partial charge in [-0.3, -0.25) is 4.90 Å². The molecule has 0 spiro atoms. The zero-order chi connectivity index (χ0) is 13.9. The maximum absolute atomic E-state index is 9.83. The number of hydrogen-bond acceptors (Lipinski definition) is 5. The number of nitrogens with zero attached hydrogens (tertiary/aromatic N) is 3. The van der Waals surface area contributed by atoms with Crippen LogP contribution in [-0.4, -0.2) is 60.4 Å². The molecule has 1 saturated heterocycles. The van der Waals surface area contributed by atoms with Crippen molar-refractivity contribution in [3.63, 3.8) is 0 Å². The van der Waals surface area contributed by atoms with Crippen molar-refractivity contribution in [3.05, 3.63) is 18.3 Å². The summed E-state index contributed by atoms with van der Waals surface area (Å²) in [5, 5.41) is 9.83. The Morgan fingerprint density at radius 1 is 1.26 bits per heavy atom. The molecule has 1 fully saturated rings. The van der Waals surface area contributed by atoms with E-state index in [-0.39, 0.29) is 0 Å². The topological polar surface area (TPSA) is 48.8 Å². The first-order valence-electron chi connectivity index (χ1n) is 6.68. The SMILES string of the molecule is COc1ccc(N2CCN(CC(C)(C)O)CC2)nc1. The summed E-state index contributed by atoms with van der Waals surface area (Å²) in [4.78, 5) is 8.96. The largest absolute Gasteiger partial charge is 0.495 e. The summed E-state index contributed by atoms with van der Waals surface area (Å²) in [6.45, 7) is 8.21. The fourth-order valence-electron chi connectivity index (χ4n) is 2.36. The Morgan fingerprint density at radius 3 is 2.42 bits per heavy atom. The first-order valence-corrected chi connectivity index (χ1v) is 6.68. The van der Waals surface area contributed by atoms with Crippen molar-refractivity contribution < 1.29 is 9.84 Å². The second-order valence-electron chi connectivity index (χ2n) is 5.63. The van der Waals surface area contributed by atoms with Crippen LogP contribution in [0, 0.1) is 0 Å².